The third-order valence-electron chi connectivity index (χ3n) is 4.55. The Labute approximate surface area is 114 Å². The predicted molar refractivity (Wildman–Crippen MR) is 75.3 cm³/mol. The van der Waals surface area contributed by atoms with E-state index in [1.807, 2.05) is 12.1 Å². The van der Waals surface area contributed by atoms with Crippen LogP contribution < -0.4 is 5.73 Å². The first-order valence-electron chi connectivity index (χ1n) is 7.16. The van der Waals surface area contributed by atoms with Crippen LogP contribution in [0.1, 0.15) is 25.3 Å². The Hall–Kier alpha value is -1.13. The van der Waals surface area contributed by atoms with E-state index in [0.717, 1.165) is 18.7 Å². The molecule has 0 amide bonds. The molecule has 19 heavy (non-hydrogen) atoms. The number of nitrogens with zero attached hydrogens (tertiary/aromatic N) is 2. The van der Waals surface area contributed by atoms with Crippen LogP contribution in [0, 0.1) is 5.82 Å². The first-order valence-corrected chi connectivity index (χ1v) is 7.16. The zero-order valence-electron chi connectivity index (χ0n) is 11.5. The molecule has 2 fully saturated rings. The minimum Gasteiger partial charge on any atom is -0.396 e. The third-order valence-corrected chi connectivity index (χ3v) is 4.55. The topological polar surface area (TPSA) is 32.5 Å². The smallest absolute Gasteiger partial charge is 0.150 e. The van der Waals surface area contributed by atoms with Gasteiger partial charge in [0.05, 0.1) is 5.69 Å². The summed E-state index contributed by atoms with van der Waals surface area (Å²) in [7, 11) is 0. The van der Waals surface area contributed by atoms with E-state index in [9.17, 15) is 4.39 Å². The van der Waals surface area contributed by atoms with Crippen LogP contribution in [0.5, 0.6) is 0 Å². The maximum absolute atomic E-state index is 14.0. The van der Waals surface area contributed by atoms with Gasteiger partial charge in [-0.2, -0.15) is 0 Å². The van der Waals surface area contributed by atoms with Crippen molar-refractivity contribution in [3.8, 4) is 0 Å². The first kappa shape index (κ1) is 12.9. The van der Waals surface area contributed by atoms with Gasteiger partial charge in [-0.3, -0.25) is 9.80 Å². The van der Waals surface area contributed by atoms with Crippen LogP contribution in [-0.4, -0.2) is 41.5 Å². The van der Waals surface area contributed by atoms with Crippen molar-refractivity contribution in [2.24, 2.45) is 0 Å². The molecule has 3 rings (SSSR count). The third kappa shape index (κ3) is 2.47. The molecule has 0 aromatic heterocycles. The normalized spacial score (nSPS) is 28.5. The van der Waals surface area contributed by atoms with E-state index < -0.39 is 0 Å². The summed E-state index contributed by atoms with van der Waals surface area (Å²) in [5.74, 6) is -0.247. The highest BCUT2D eigenvalue weighted by molar-refractivity contribution is 5.42. The number of fused-ring (bicyclic) bond motifs is 1. The van der Waals surface area contributed by atoms with Crippen LogP contribution in [0.3, 0.4) is 0 Å². The Morgan fingerprint density at radius 3 is 3.05 bits per heavy atom. The van der Waals surface area contributed by atoms with Gasteiger partial charge in [-0.05, 0) is 32.4 Å². The van der Waals surface area contributed by atoms with Crippen molar-refractivity contribution >= 4 is 5.69 Å². The van der Waals surface area contributed by atoms with Crippen molar-refractivity contribution in [2.75, 3.05) is 25.4 Å². The average Bonchev–Trinajstić information content (AvgIpc) is 2.82. The summed E-state index contributed by atoms with van der Waals surface area (Å²) in [6.07, 6.45) is 2.58. The van der Waals surface area contributed by atoms with Gasteiger partial charge in [0.2, 0.25) is 0 Å². The van der Waals surface area contributed by atoms with Crippen molar-refractivity contribution in [3.63, 3.8) is 0 Å². The molecule has 0 spiro atoms. The Bertz CT molecular complexity index is 463. The number of benzene rings is 1. The summed E-state index contributed by atoms with van der Waals surface area (Å²) in [4.78, 5) is 4.97. The number of nitrogen functional groups attached to an aromatic ring is 1. The highest BCUT2D eigenvalue weighted by Crippen LogP contribution is 2.26. The average molecular weight is 263 g/mol. The first-order chi connectivity index (χ1) is 9.15. The predicted octanol–water partition coefficient (Wildman–Crippen LogP) is 2.08. The molecule has 4 heteroatoms. The lowest BCUT2D eigenvalue weighted by Crippen LogP contribution is -2.54. The summed E-state index contributed by atoms with van der Waals surface area (Å²) >= 11 is 0. The van der Waals surface area contributed by atoms with Gasteiger partial charge >= 0.3 is 0 Å². The molecule has 1 aromatic carbocycles. The molecule has 2 heterocycles. The van der Waals surface area contributed by atoms with Crippen LogP contribution in [0.25, 0.3) is 0 Å². The lowest BCUT2D eigenvalue weighted by Gasteiger charge is -2.42. The molecular formula is C15H22FN3. The summed E-state index contributed by atoms with van der Waals surface area (Å²) in [5, 5.41) is 0. The molecule has 3 nitrogen and oxygen atoms in total. The fraction of sp³-hybridized carbons (Fsp3) is 0.600. The highest BCUT2D eigenvalue weighted by atomic mass is 19.1. The number of nitrogens with two attached hydrogens (primary N) is 1. The Morgan fingerprint density at radius 2 is 2.21 bits per heavy atom. The molecule has 0 saturated carbocycles. The molecule has 104 valence electrons. The van der Waals surface area contributed by atoms with Crippen molar-refractivity contribution in [1.82, 2.24) is 9.80 Å². The molecule has 0 radical (unpaired) electrons. The second-order valence-corrected chi connectivity index (χ2v) is 5.89. The van der Waals surface area contributed by atoms with Crippen LogP contribution in [0.4, 0.5) is 10.1 Å². The van der Waals surface area contributed by atoms with E-state index in [2.05, 4.69) is 16.7 Å². The van der Waals surface area contributed by atoms with Crippen LogP contribution in [0.2, 0.25) is 0 Å². The Kier molecular flexibility index (Phi) is 3.46. The summed E-state index contributed by atoms with van der Waals surface area (Å²) in [5.41, 5.74) is 6.62. The number of anilines is 1. The largest absolute Gasteiger partial charge is 0.396 e. The zero-order valence-corrected chi connectivity index (χ0v) is 11.5. The molecule has 2 saturated heterocycles. The SMILES string of the molecule is CC1CN2CCCC2CN1Cc1cccc(N)c1F. The van der Waals surface area contributed by atoms with Crippen LogP contribution >= 0.6 is 0 Å². The van der Waals surface area contributed by atoms with Crippen molar-refractivity contribution in [2.45, 2.75) is 38.4 Å². The van der Waals surface area contributed by atoms with E-state index >= 15 is 0 Å². The summed E-state index contributed by atoms with van der Waals surface area (Å²) in [6, 6.07) is 6.46. The highest BCUT2D eigenvalue weighted by Gasteiger charge is 2.34. The quantitative estimate of drug-likeness (QED) is 0.829. The van der Waals surface area contributed by atoms with Gasteiger partial charge in [0.1, 0.15) is 0 Å². The molecule has 2 unspecified atom stereocenters. The fourth-order valence-corrected chi connectivity index (χ4v) is 3.41. The van der Waals surface area contributed by atoms with Gasteiger partial charge in [0.15, 0.2) is 5.82 Å². The van der Waals surface area contributed by atoms with E-state index in [4.69, 9.17) is 5.73 Å². The molecule has 0 bridgehead atoms. The van der Waals surface area contributed by atoms with Gasteiger partial charge in [0.25, 0.3) is 0 Å². The van der Waals surface area contributed by atoms with Gasteiger partial charge in [-0.15, -0.1) is 0 Å². The number of halogens is 1. The lowest BCUT2D eigenvalue weighted by atomic mass is 10.1. The molecule has 2 aliphatic heterocycles. The molecule has 1 aromatic rings. The minimum atomic E-state index is -0.247. The fourth-order valence-electron chi connectivity index (χ4n) is 3.41. The number of rotatable bonds is 2. The molecular weight excluding hydrogens is 241 g/mol. The molecule has 2 atom stereocenters. The lowest BCUT2D eigenvalue weighted by molar-refractivity contribution is 0.0533. The number of piperazine rings is 1. The van der Waals surface area contributed by atoms with Crippen molar-refractivity contribution in [1.29, 1.82) is 0 Å². The second-order valence-electron chi connectivity index (χ2n) is 5.89. The van der Waals surface area contributed by atoms with Crippen LogP contribution in [-0.2, 0) is 6.54 Å². The maximum atomic E-state index is 14.0. The van der Waals surface area contributed by atoms with E-state index in [-0.39, 0.29) is 11.5 Å². The van der Waals surface area contributed by atoms with E-state index in [1.165, 1.54) is 19.4 Å². The summed E-state index contributed by atoms with van der Waals surface area (Å²) < 4.78 is 14.0. The summed E-state index contributed by atoms with van der Waals surface area (Å²) in [6.45, 7) is 6.29. The van der Waals surface area contributed by atoms with Crippen LogP contribution in [0.15, 0.2) is 18.2 Å². The van der Waals surface area contributed by atoms with Gasteiger partial charge < -0.3 is 5.73 Å². The standard InChI is InChI=1S/C15H22FN3/c1-11-8-18-7-3-5-13(18)10-19(11)9-12-4-2-6-14(17)15(12)16/h2,4,6,11,13H,3,5,7-10,17H2,1H3. The number of hydrogen-bond acceptors (Lipinski definition) is 3. The van der Waals surface area contributed by atoms with Crippen molar-refractivity contribution in [3.05, 3.63) is 29.6 Å². The van der Waals surface area contributed by atoms with Gasteiger partial charge in [-0.1, -0.05) is 12.1 Å². The van der Waals surface area contributed by atoms with E-state index in [0.29, 0.717) is 18.6 Å². The van der Waals surface area contributed by atoms with E-state index in [1.54, 1.807) is 6.07 Å². The number of hydrogen-bond donors (Lipinski definition) is 1. The van der Waals surface area contributed by atoms with Gasteiger partial charge in [0, 0.05) is 37.3 Å². The minimum absolute atomic E-state index is 0.247. The zero-order chi connectivity index (χ0) is 13.4. The molecule has 0 aliphatic carbocycles. The monoisotopic (exact) mass is 263 g/mol. The van der Waals surface area contributed by atoms with Crippen molar-refractivity contribution < 1.29 is 4.39 Å². The Morgan fingerprint density at radius 1 is 1.37 bits per heavy atom. The maximum Gasteiger partial charge on any atom is 0.150 e. The molecule has 2 N–H and O–H groups in total. The molecule has 2 aliphatic rings. The Balaban J connectivity index is 1.73. The second kappa shape index (κ2) is 5.10. The van der Waals surface area contributed by atoms with Gasteiger partial charge in [-0.25, -0.2) is 4.39 Å².